The second kappa shape index (κ2) is 19.3. The normalized spacial score (nSPS) is 15.0. The van der Waals surface area contributed by atoms with E-state index in [1.54, 1.807) is 48.5 Å². The number of rotatable bonds is 7. The number of aromatic nitrogens is 1. The number of nitrogens with one attached hydrogen (secondary N) is 3. The van der Waals surface area contributed by atoms with Crippen LogP contribution in [0.4, 0.5) is 21.9 Å². The number of urea groups is 1. The van der Waals surface area contributed by atoms with Crippen LogP contribution < -0.4 is 30.2 Å². The van der Waals surface area contributed by atoms with Gasteiger partial charge < -0.3 is 49.1 Å². The molecule has 1 aromatic heterocycles. The molecule has 0 atom stereocenters. The third kappa shape index (κ3) is 11.3. The van der Waals surface area contributed by atoms with Crippen LogP contribution in [0, 0.1) is 5.92 Å². The lowest BCUT2D eigenvalue weighted by Gasteiger charge is -2.17. The van der Waals surface area contributed by atoms with Crippen LogP contribution in [-0.4, -0.2) is 89.6 Å². The van der Waals surface area contributed by atoms with Crippen LogP contribution in [0.15, 0.2) is 72.8 Å². The molecular weight excluding hydrogens is 644 g/mol. The van der Waals surface area contributed by atoms with Crippen LogP contribution in [-0.2, 0) is 18.9 Å². The Balaban J connectivity index is 1.35. The summed E-state index contributed by atoms with van der Waals surface area (Å²) in [4.78, 5) is 31.3. The molecule has 1 aliphatic heterocycles. The number of fused-ring (bicyclic) bond motifs is 2. The molecule has 4 aromatic rings. The molecule has 3 amide bonds. The van der Waals surface area contributed by atoms with Gasteiger partial charge in [-0.05, 0) is 42.3 Å². The van der Waals surface area contributed by atoms with E-state index in [9.17, 15) is 9.59 Å². The SMILES string of the molecule is CC(C)COc1cc(C(=O)Nc2ccc3c(c2)OCCOCCOCCOCCOCCO3)nc2c(NC(=O)Nc3ccccc3)cccc12. The van der Waals surface area contributed by atoms with Gasteiger partial charge in [0.05, 0.1) is 70.7 Å². The molecule has 0 bridgehead atoms. The number of para-hydroxylation sites is 2. The van der Waals surface area contributed by atoms with Gasteiger partial charge in [0.25, 0.3) is 5.91 Å². The molecule has 0 unspecified atom stereocenters. The second-order valence-corrected chi connectivity index (χ2v) is 11.6. The lowest BCUT2D eigenvalue weighted by molar-refractivity contribution is -0.00841. The van der Waals surface area contributed by atoms with Gasteiger partial charge in [0, 0.05) is 28.9 Å². The van der Waals surface area contributed by atoms with Crippen LogP contribution in [0.25, 0.3) is 10.9 Å². The number of ether oxygens (including phenoxy) is 7. The minimum Gasteiger partial charge on any atom is -0.493 e. The number of hydrogen-bond donors (Lipinski definition) is 3. The second-order valence-electron chi connectivity index (χ2n) is 11.6. The van der Waals surface area contributed by atoms with Crippen LogP contribution in [0.2, 0.25) is 0 Å². The first-order valence-electron chi connectivity index (χ1n) is 16.7. The predicted octanol–water partition coefficient (Wildman–Crippen LogP) is 6.00. The quantitative estimate of drug-likeness (QED) is 0.211. The van der Waals surface area contributed by atoms with Crippen molar-refractivity contribution in [2.45, 2.75) is 13.8 Å². The predicted molar refractivity (Wildman–Crippen MR) is 190 cm³/mol. The first-order valence-corrected chi connectivity index (χ1v) is 16.7. The summed E-state index contributed by atoms with van der Waals surface area (Å²) in [6.45, 7) is 8.47. The number of amides is 3. The fourth-order valence-corrected chi connectivity index (χ4v) is 4.81. The zero-order valence-corrected chi connectivity index (χ0v) is 28.4. The van der Waals surface area contributed by atoms with Crippen molar-refractivity contribution in [2.24, 2.45) is 5.92 Å². The number of carbonyl (C=O) groups excluding carboxylic acids is 2. The Morgan fingerprint density at radius 1 is 0.680 bits per heavy atom. The molecule has 0 fully saturated rings. The summed E-state index contributed by atoms with van der Waals surface area (Å²) < 4.78 is 40.3. The van der Waals surface area contributed by atoms with E-state index < -0.39 is 11.9 Å². The minimum absolute atomic E-state index is 0.0988. The fourth-order valence-electron chi connectivity index (χ4n) is 4.81. The highest BCUT2D eigenvalue weighted by Crippen LogP contribution is 2.33. The monoisotopic (exact) mass is 688 g/mol. The zero-order chi connectivity index (χ0) is 35.0. The van der Waals surface area contributed by atoms with Gasteiger partial charge in [-0.15, -0.1) is 0 Å². The first-order chi connectivity index (χ1) is 24.5. The standard InChI is InChI=1S/C37H44N4O9/c1-26(2)25-50-33-24-31(40-35-29(33)9-6-10-30(35)41-37(43)39-27-7-4-3-5-8-27)36(42)38-28-11-12-32-34(23-28)49-22-20-47-18-16-45-14-13-44-15-17-46-19-21-48-32/h3-12,23-24,26H,13-22,25H2,1-2H3,(H,38,42)(H2,39,41,43). The molecule has 5 rings (SSSR count). The molecule has 13 nitrogen and oxygen atoms in total. The molecule has 0 radical (unpaired) electrons. The molecule has 0 aliphatic carbocycles. The van der Waals surface area contributed by atoms with Crippen molar-refractivity contribution < 1.29 is 42.7 Å². The average molecular weight is 689 g/mol. The summed E-state index contributed by atoms with van der Waals surface area (Å²) in [7, 11) is 0. The fraction of sp³-hybridized carbons (Fsp3) is 0.378. The van der Waals surface area contributed by atoms with Gasteiger partial charge in [-0.3, -0.25) is 4.79 Å². The number of hydrogen-bond acceptors (Lipinski definition) is 10. The highest BCUT2D eigenvalue weighted by Gasteiger charge is 2.18. The summed E-state index contributed by atoms with van der Waals surface area (Å²) in [6.07, 6.45) is 0. The van der Waals surface area contributed by atoms with Gasteiger partial charge in [-0.2, -0.15) is 0 Å². The number of benzene rings is 3. The van der Waals surface area contributed by atoms with Gasteiger partial charge in [0.2, 0.25) is 0 Å². The lowest BCUT2D eigenvalue weighted by Crippen LogP contribution is -2.20. The maximum absolute atomic E-state index is 13.7. The molecular formula is C37H44N4O9. The van der Waals surface area contributed by atoms with Gasteiger partial charge in [-0.1, -0.05) is 38.1 Å². The Kier molecular flexibility index (Phi) is 14.0. The Morgan fingerprint density at radius 3 is 1.98 bits per heavy atom. The van der Waals surface area contributed by atoms with Crippen LogP contribution in [0.3, 0.4) is 0 Å². The summed E-state index contributed by atoms with van der Waals surface area (Å²) >= 11 is 0. The molecule has 1 aliphatic rings. The first kappa shape index (κ1) is 36.3. The molecule has 50 heavy (non-hydrogen) atoms. The van der Waals surface area contributed by atoms with Crippen LogP contribution in [0.5, 0.6) is 17.2 Å². The molecule has 3 aromatic carbocycles. The van der Waals surface area contributed by atoms with E-state index in [2.05, 4.69) is 20.9 Å². The van der Waals surface area contributed by atoms with Crippen molar-refractivity contribution in [1.29, 1.82) is 0 Å². The summed E-state index contributed by atoms with van der Waals surface area (Å²) in [5.41, 5.74) is 2.01. The van der Waals surface area contributed by atoms with E-state index in [-0.39, 0.29) is 18.2 Å². The molecule has 2 heterocycles. The Bertz CT molecular complexity index is 1690. The molecule has 0 saturated heterocycles. The molecule has 13 heteroatoms. The number of nitrogens with zero attached hydrogens (tertiary/aromatic N) is 1. The lowest BCUT2D eigenvalue weighted by atomic mass is 10.1. The Morgan fingerprint density at radius 2 is 1.32 bits per heavy atom. The van der Waals surface area contributed by atoms with Crippen molar-refractivity contribution in [3.63, 3.8) is 0 Å². The number of carbonyl (C=O) groups is 2. The maximum Gasteiger partial charge on any atom is 0.323 e. The third-order valence-corrected chi connectivity index (χ3v) is 7.17. The van der Waals surface area contributed by atoms with Gasteiger partial charge in [0.15, 0.2) is 11.5 Å². The van der Waals surface area contributed by atoms with Gasteiger partial charge in [-0.25, -0.2) is 9.78 Å². The van der Waals surface area contributed by atoms with E-state index in [4.69, 9.17) is 33.2 Å². The van der Waals surface area contributed by atoms with E-state index in [1.165, 1.54) is 0 Å². The molecule has 3 N–H and O–H groups in total. The van der Waals surface area contributed by atoms with Crippen LogP contribution in [0.1, 0.15) is 24.3 Å². The highest BCUT2D eigenvalue weighted by molar-refractivity contribution is 6.09. The summed E-state index contributed by atoms with van der Waals surface area (Å²) in [5, 5.41) is 9.23. The highest BCUT2D eigenvalue weighted by atomic mass is 16.6. The maximum atomic E-state index is 13.7. The van der Waals surface area contributed by atoms with E-state index in [0.717, 1.165) is 0 Å². The number of anilines is 3. The van der Waals surface area contributed by atoms with Crippen molar-refractivity contribution in [3.8, 4) is 17.2 Å². The summed E-state index contributed by atoms with van der Waals surface area (Å²) in [6, 6.07) is 20.7. The van der Waals surface area contributed by atoms with Crippen molar-refractivity contribution in [2.75, 3.05) is 88.6 Å². The minimum atomic E-state index is -0.482. The third-order valence-electron chi connectivity index (χ3n) is 7.17. The van der Waals surface area contributed by atoms with Crippen molar-refractivity contribution >= 4 is 39.9 Å². The van der Waals surface area contributed by atoms with Gasteiger partial charge in [0.1, 0.15) is 24.7 Å². The van der Waals surface area contributed by atoms with E-state index in [1.807, 2.05) is 38.1 Å². The Hall–Kier alpha value is -4.95. The number of pyridine rings is 1. The van der Waals surface area contributed by atoms with Crippen molar-refractivity contribution in [1.82, 2.24) is 4.98 Å². The van der Waals surface area contributed by atoms with Crippen molar-refractivity contribution in [3.05, 3.63) is 78.5 Å². The molecule has 0 saturated carbocycles. The van der Waals surface area contributed by atoms with E-state index >= 15 is 0 Å². The zero-order valence-electron chi connectivity index (χ0n) is 28.4. The molecule has 0 spiro atoms. The Labute approximate surface area is 291 Å². The molecule has 266 valence electrons. The topological polar surface area (TPSA) is 148 Å². The van der Waals surface area contributed by atoms with Gasteiger partial charge >= 0.3 is 6.03 Å². The largest absolute Gasteiger partial charge is 0.493 e. The summed E-state index contributed by atoms with van der Waals surface area (Å²) in [5.74, 6) is 1.14. The average Bonchev–Trinajstić information content (AvgIpc) is 3.11. The van der Waals surface area contributed by atoms with Crippen LogP contribution >= 0.6 is 0 Å². The smallest absolute Gasteiger partial charge is 0.323 e. The van der Waals surface area contributed by atoms with E-state index in [0.29, 0.717) is 111 Å².